The van der Waals surface area contributed by atoms with Crippen LogP contribution in [0.15, 0.2) is 60.8 Å². The van der Waals surface area contributed by atoms with Crippen molar-refractivity contribution >= 4 is 40.6 Å². The Labute approximate surface area is 249 Å². The van der Waals surface area contributed by atoms with Crippen LogP contribution in [0.3, 0.4) is 0 Å². The second-order valence-electron chi connectivity index (χ2n) is 10.6. The van der Waals surface area contributed by atoms with Crippen LogP contribution in [0, 0.1) is 5.92 Å². The highest BCUT2D eigenvalue weighted by Gasteiger charge is 2.33. The van der Waals surface area contributed by atoms with Crippen LogP contribution in [-0.4, -0.2) is 69.0 Å². The van der Waals surface area contributed by atoms with E-state index in [1.165, 1.54) is 0 Å². The number of benzene rings is 2. The molecule has 0 aliphatic heterocycles. The number of hydrogen-bond acceptors (Lipinski definition) is 6. The Balaban J connectivity index is 1.78. The van der Waals surface area contributed by atoms with E-state index in [1.54, 1.807) is 43.5 Å². The molecule has 1 heterocycles. The van der Waals surface area contributed by atoms with Gasteiger partial charge in [0.05, 0.1) is 6.04 Å². The summed E-state index contributed by atoms with van der Waals surface area (Å²) >= 11 is 0. The first kappa shape index (κ1) is 32.8. The van der Waals surface area contributed by atoms with E-state index in [2.05, 4.69) is 20.9 Å². The Morgan fingerprint density at radius 3 is 2.14 bits per heavy atom. The van der Waals surface area contributed by atoms with E-state index >= 15 is 0 Å². The van der Waals surface area contributed by atoms with Crippen molar-refractivity contribution in [1.29, 1.82) is 0 Å². The van der Waals surface area contributed by atoms with Crippen LogP contribution in [0.2, 0.25) is 0 Å². The molecule has 0 saturated heterocycles. The van der Waals surface area contributed by atoms with Gasteiger partial charge in [0, 0.05) is 36.4 Å². The van der Waals surface area contributed by atoms with Gasteiger partial charge in [-0.3, -0.25) is 19.2 Å². The van der Waals surface area contributed by atoms with Crippen LogP contribution in [-0.2, 0) is 36.8 Å². The quantitative estimate of drug-likeness (QED) is 0.130. The van der Waals surface area contributed by atoms with Crippen molar-refractivity contribution in [2.75, 3.05) is 0 Å². The molecule has 8 N–H and O–H groups in total. The van der Waals surface area contributed by atoms with Crippen LogP contribution in [0.25, 0.3) is 10.9 Å². The summed E-state index contributed by atoms with van der Waals surface area (Å²) in [7, 11) is 0. The zero-order valence-electron chi connectivity index (χ0n) is 24.2. The third-order valence-corrected chi connectivity index (χ3v) is 7.43. The second-order valence-corrected chi connectivity index (χ2v) is 10.6. The minimum Gasteiger partial charge on any atom is -0.481 e. The molecule has 3 aromatic rings. The highest BCUT2D eigenvalue weighted by Crippen LogP contribution is 2.19. The predicted molar refractivity (Wildman–Crippen MR) is 160 cm³/mol. The topological polar surface area (TPSA) is 204 Å². The van der Waals surface area contributed by atoms with Crippen LogP contribution in [0.1, 0.15) is 44.2 Å². The zero-order chi connectivity index (χ0) is 31.5. The smallest absolute Gasteiger partial charge is 0.326 e. The summed E-state index contributed by atoms with van der Waals surface area (Å²) in [5.41, 5.74) is 8.16. The van der Waals surface area contributed by atoms with Gasteiger partial charge >= 0.3 is 11.9 Å². The van der Waals surface area contributed by atoms with Gasteiger partial charge in [-0.05, 0) is 29.5 Å². The number of hydrogen-bond donors (Lipinski definition) is 7. The van der Waals surface area contributed by atoms with Crippen LogP contribution in [0.4, 0.5) is 0 Å². The van der Waals surface area contributed by atoms with Crippen molar-refractivity contribution in [3.05, 3.63) is 71.9 Å². The molecule has 0 fully saturated rings. The SMILES string of the molecule is CCC(C)C(NC(=O)C(Cc1ccccc1)NC(=O)C(N)CCC(=O)O)C(=O)NC(Cc1c[nH]c2ccccc12)C(=O)O. The molecule has 12 nitrogen and oxygen atoms in total. The molecule has 43 heavy (non-hydrogen) atoms. The summed E-state index contributed by atoms with van der Waals surface area (Å²) in [6, 6.07) is 11.7. The maximum Gasteiger partial charge on any atom is 0.326 e. The Hall–Kier alpha value is -4.71. The van der Waals surface area contributed by atoms with E-state index in [4.69, 9.17) is 10.8 Å². The van der Waals surface area contributed by atoms with E-state index in [1.807, 2.05) is 31.2 Å². The van der Waals surface area contributed by atoms with Crippen LogP contribution in [0.5, 0.6) is 0 Å². The van der Waals surface area contributed by atoms with Gasteiger partial charge < -0.3 is 36.9 Å². The number of fused-ring (bicyclic) bond motifs is 1. The number of aliphatic carboxylic acids is 2. The molecule has 230 valence electrons. The highest BCUT2D eigenvalue weighted by molar-refractivity contribution is 5.94. The number of carboxylic acid groups (broad SMARTS) is 2. The molecule has 5 unspecified atom stereocenters. The second kappa shape index (κ2) is 15.5. The Morgan fingerprint density at radius 2 is 1.49 bits per heavy atom. The maximum atomic E-state index is 13.6. The standard InChI is InChI=1S/C31H39N5O7/c1-3-18(2)27(30(41)35-25(31(42)43)16-20-17-33-23-12-8-7-11-21(20)23)36-29(40)24(15-19-9-5-4-6-10-19)34-28(39)22(32)13-14-26(37)38/h4-12,17-18,22,24-25,27,33H,3,13-16,32H2,1-2H3,(H,34,39)(H,35,41)(H,36,40)(H,37,38)(H,42,43). The minimum absolute atomic E-state index is 0.0210. The van der Waals surface area contributed by atoms with Gasteiger partial charge in [-0.1, -0.05) is 68.8 Å². The first-order chi connectivity index (χ1) is 20.5. The summed E-state index contributed by atoms with van der Waals surface area (Å²) in [5, 5.41) is 27.6. The van der Waals surface area contributed by atoms with Crippen LogP contribution < -0.4 is 21.7 Å². The van der Waals surface area contributed by atoms with E-state index in [0.29, 0.717) is 6.42 Å². The molecule has 0 spiro atoms. The van der Waals surface area contributed by atoms with Crippen molar-refractivity contribution in [3.63, 3.8) is 0 Å². The molecule has 0 radical (unpaired) electrons. The summed E-state index contributed by atoms with van der Waals surface area (Å²) in [6.07, 6.45) is 1.87. The van der Waals surface area contributed by atoms with E-state index < -0.39 is 53.8 Å². The number of aromatic amines is 1. The molecule has 3 amide bonds. The molecule has 3 rings (SSSR count). The summed E-state index contributed by atoms with van der Waals surface area (Å²) in [6.45, 7) is 3.59. The maximum absolute atomic E-state index is 13.6. The first-order valence-corrected chi connectivity index (χ1v) is 14.2. The van der Waals surface area contributed by atoms with E-state index in [0.717, 1.165) is 22.0 Å². The largest absolute Gasteiger partial charge is 0.481 e. The van der Waals surface area contributed by atoms with E-state index in [-0.39, 0.29) is 31.6 Å². The van der Waals surface area contributed by atoms with Crippen molar-refractivity contribution < 1.29 is 34.2 Å². The van der Waals surface area contributed by atoms with Crippen molar-refractivity contribution in [3.8, 4) is 0 Å². The fourth-order valence-corrected chi connectivity index (χ4v) is 4.69. The summed E-state index contributed by atoms with van der Waals surface area (Å²) in [4.78, 5) is 66.0. The summed E-state index contributed by atoms with van der Waals surface area (Å²) < 4.78 is 0. The van der Waals surface area contributed by atoms with Gasteiger partial charge in [-0.15, -0.1) is 0 Å². The predicted octanol–water partition coefficient (Wildman–Crippen LogP) is 1.73. The Morgan fingerprint density at radius 1 is 0.837 bits per heavy atom. The number of nitrogens with one attached hydrogen (secondary N) is 4. The molecule has 0 bridgehead atoms. The lowest BCUT2D eigenvalue weighted by Gasteiger charge is -2.28. The molecular formula is C31H39N5O7. The third kappa shape index (κ3) is 9.40. The van der Waals surface area contributed by atoms with Crippen molar-refractivity contribution in [2.24, 2.45) is 11.7 Å². The van der Waals surface area contributed by atoms with Gasteiger partial charge in [0.2, 0.25) is 17.7 Å². The fourth-order valence-electron chi connectivity index (χ4n) is 4.69. The van der Waals surface area contributed by atoms with Crippen LogP contribution >= 0.6 is 0 Å². The Kier molecular flexibility index (Phi) is 11.8. The number of rotatable bonds is 16. The van der Waals surface area contributed by atoms with Gasteiger partial charge in [0.25, 0.3) is 0 Å². The number of carbonyl (C=O) groups is 5. The number of carbonyl (C=O) groups excluding carboxylic acids is 3. The number of para-hydroxylation sites is 1. The number of H-pyrrole nitrogens is 1. The highest BCUT2D eigenvalue weighted by atomic mass is 16.4. The molecule has 0 aliphatic carbocycles. The molecular weight excluding hydrogens is 554 g/mol. The third-order valence-electron chi connectivity index (χ3n) is 7.43. The normalized spacial score (nSPS) is 14.6. The first-order valence-electron chi connectivity index (χ1n) is 14.2. The zero-order valence-corrected chi connectivity index (χ0v) is 24.2. The van der Waals surface area contributed by atoms with Gasteiger partial charge in [-0.2, -0.15) is 0 Å². The monoisotopic (exact) mass is 593 g/mol. The van der Waals surface area contributed by atoms with Crippen molar-refractivity contribution in [2.45, 2.75) is 70.1 Å². The Bertz CT molecular complexity index is 1420. The molecule has 0 aliphatic rings. The molecule has 0 saturated carbocycles. The molecule has 5 atom stereocenters. The fraction of sp³-hybridized carbons (Fsp3) is 0.387. The van der Waals surface area contributed by atoms with Gasteiger partial charge in [0.15, 0.2) is 0 Å². The average Bonchev–Trinajstić information content (AvgIpc) is 3.40. The minimum atomic E-state index is -1.26. The lowest BCUT2D eigenvalue weighted by molar-refractivity contribution is -0.142. The number of amides is 3. The molecule has 1 aromatic heterocycles. The average molecular weight is 594 g/mol. The van der Waals surface area contributed by atoms with Gasteiger partial charge in [-0.25, -0.2) is 4.79 Å². The van der Waals surface area contributed by atoms with E-state index in [9.17, 15) is 29.1 Å². The lowest BCUT2D eigenvalue weighted by Crippen LogP contribution is -2.59. The number of aromatic nitrogens is 1. The number of nitrogens with two attached hydrogens (primary N) is 1. The molecule has 12 heteroatoms. The molecule has 2 aromatic carbocycles. The van der Waals surface area contributed by atoms with Gasteiger partial charge in [0.1, 0.15) is 18.1 Å². The summed E-state index contributed by atoms with van der Waals surface area (Å²) in [5.74, 6) is -4.74. The number of carboxylic acids is 2. The van der Waals surface area contributed by atoms with Crippen molar-refractivity contribution in [1.82, 2.24) is 20.9 Å². The lowest BCUT2D eigenvalue weighted by atomic mass is 9.96.